The van der Waals surface area contributed by atoms with Crippen molar-refractivity contribution in [3.05, 3.63) is 72.8 Å². The number of para-hydroxylation sites is 1. The Balaban J connectivity index is 1.81. The van der Waals surface area contributed by atoms with Gasteiger partial charge in [0.05, 0.1) is 35.8 Å². The zero-order valence-electron chi connectivity index (χ0n) is 15.5. The number of thiazole rings is 1. The zero-order chi connectivity index (χ0) is 19.1. The molecule has 3 aromatic carbocycles. The van der Waals surface area contributed by atoms with Crippen LogP contribution in [0, 0.1) is 0 Å². The van der Waals surface area contributed by atoms with Gasteiger partial charge in [0.25, 0.3) is 0 Å². The average Bonchev–Trinajstić information content (AvgIpc) is 3.30. The van der Waals surface area contributed by atoms with Crippen LogP contribution in [0.3, 0.4) is 0 Å². The fourth-order valence-electron chi connectivity index (χ4n) is 3.48. The molecule has 0 N–H and O–H groups in total. The Bertz CT molecular complexity index is 1270. The number of fused-ring (bicyclic) bond motifs is 3. The summed E-state index contributed by atoms with van der Waals surface area (Å²) in [6, 6.07) is 24.6. The summed E-state index contributed by atoms with van der Waals surface area (Å²) in [5, 5.41) is 0. The maximum atomic E-state index is 5.34. The van der Waals surface area contributed by atoms with Gasteiger partial charge in [0.15, 0.2) is 4.96 Å². The third-order valence-corrected chi connectivity index (χ3v) is 5.90. The highest BCUT2D eigenvalue weighted by Crippen LogP contribution is 2.39. The summed E-state index contributed by atoms with van der Waals surface area (Å²) in [4.78, 5) is 5.99. The van der Waals surface area contributed by atoms with Crippen LogP contribution < -0.4 is 9.47 Å². The number of methoxy groups -OCH3 is 2. The Morgan fingerprint density at radius 2 is 1.36 bits per heavy atom. The van der Waals surface area contributed by atoms with Gasteiger partial charge in [-0.3, -0.25) is 4.40 Å². The van der Waals surface area contributed by atoms with Gasteiger partial charge in [-0.1, -0.05) is 23.5 Å². The lowest BCUT2D eigenvalue weighted by atomic mass is 10.0. The van der Waals surface area contributed by atoms with E-state index in [2.05, 4.69) is 52.9 Å². The summed E-state index contributed by atoms with van der Waals surface area (Å²) in [6.45, 7) is 0. The molecule has 5 aromatic rings. The summed E-state index contributed by atoms with van der Waals surface area (Å²) in [5.41, 5.74) is 5.37. The van der Waals surface area contributed by atoms with E-state index in [4.69, 9.17) is 14.5 Å². The van der Waals surface area contributed by atoms with Gasteiger partial charge in [-0.25, -0.2) is 4.98 Å². The van der Waals surface area contributed by atoms with Crippen molar-refractivity contribution in [3.8, 4) is 34.0 Å². The Morgan fingerprint density at radius 3 is 2.00 bits per heavy atom. The van der Waals surface area contributed by atoms with Crippen molar-refractivity contribution in [3.63, 3.8) is 0 Å². The van der Waals surface area contributed by atoms with Gasteiger partial charge in [-0.05, 0) is 60.7 Å². The number of rotatable bonds is 4. The minimum Gasteiger partial charge on any atom is -0.497 e. The lowest BCUT2D eigenvalue weighted by Crippen LogP contribution is -1.90. The predicted molar refractivity (Wildman–Crippen MR) is 115 cm³/mol. The number of ether oxygens (including phenoxy) is 2. The van der Waals surface area contributed by atoms with Gasteiger partial charge in [0.1, 0.15) is 11.5 Å². The van der Waals surface area contributed by atoms with Crippen molar-refractivity contribution < 1.29 is 9.47 Å². The lowest BCUT2D eigenvalue weighted by molar-refractivity contribution is 0.414. The molecule has 0 bridgehead atoms. The Morgan fingerprint density at radius 1 is 0.750 bits per heavy atom. The molecule has 0 spiro atoms. The van der Waals surface area contributed by atoms with Crippen LogP contribution in [0.2, 0.25) is 0 Å². The summed E-state index contributed by atoms with van der Waals surface area (Å²) in [7, 11) is 3.36. The first-order valence-electron chi connectivity index (χ1n) is 8.97. The lowest BCUT2D eigenvalue weighted by Gasteiger charge is -2.08. The van der Waals surface area contributed by atoms with Gasteiger partial charge in [0, 0.05) is 11.1 Å². The van der Waals surface area contributed by atoms with Crippen molar-refractivity contribution in [2.24, 2.45) is 0 Å². The maximum absolute atomic E-state index is 5.34. The molecule has 5 rings (SSSR count). The number of benzene rings is 3. The van der Waals surface area contributed by atoms with Crippen LogP contribution in [0.5, 0.6) is 11.5 Å². The van der Waals surface area contributed by atoms with Crippen molar-refractivity contribution in [1.29, 1.82) is 0 Å². The molecule has 4 nitrogen and oxygen atoms in total. The number of nitrogens with zero attached hydrogens (tertiary/aromatic N) is 2. The largest absolute Gasteiger partial charge is 0.497 e. The second-order valence-electron chi connectivity index (χ2n) is 6.45. The van der Waals surface area contributed by atoms with Crippen LogP contribution in [0.1, 0.15) is 0 Å². The first-order valence-corrected chi connectivity index (χ1v) is 9.79. The molecular weight excluding hydrogens is 368 g/mol. The summed E-state index contributed by atoms with van der Waals surface area (Å²) < 4.78 is 14.1. The molecule has 138 valence electrons. The third kappa shape index (κ3) is 2.63. The molecule has 0 unspecified atom stereocenters. The normalized spacial score (nSPS) is 11.2. The van der Waals surface area contributed by atoms with Crippen LogP contribution in [0.25, 0.3) is 37.7 Å². The Hall–Kier alpha value is -3.31. The molecule has 0 atom stereocenters. The van der Waals surface area contributed by atoms with E-state index in [1.807, 2.05) is 24.3 Å². The van der Waals surface area contributed by atoms with Gasteiger partial charge in [0.2, 0.25) is 0 Å². The third-order valence-electron chi connectivity index (χ3n) is 4.88. The predicted octanol–water partition coefficient (Wildman–Crippen LogP) is 5.90. The van der Waals surface area contributed by atoms with E-state index >= 15 is 0 Å². The average molecular weight is 386 g/mol. The minimum absolute atomic E-state index is 0.834. The van der Waals surface area contributed by atoms with Gasteiger partial charge < -0.3 is 9.47 Å². The maximum Gasteiger partial charge on any atom is 0.195 e. The second kappa shape index (κ2) is 6.69. The van der Waals surface area contributed by atoms with Crippen molar-refractivity contribution >= 4 is 26.5 Å². The monoisotopic (exact) mass is 386 g/mol. The van der Waals surface area contributed by atoms with Crippen molar-refractivity contribution in [2.75, 3.05) is 14.2 Å². The van der Waals surface area contributed by atoms with E-state index in [-0.39, 0.29) is 0 Å². The molecule has 0 saturated carbocycles. The first kappa shape index (κ1) is 16.8. The van der Waals surface area contributed by atoms with Gasteiger partial charge >= 0.3 is 0 Å². The zero-order valence-corrected chi connectivity index (χ0v) is 16.4. The van der Waals surface area contributed by atoms with E-state index in [1.54, 1.807) is 25.6 Å². The number of hydrogen-bond acceptors (Lipinski definition) is 4. The summed E-state index contributed by atoms with van der Waals surface area (Å²) in [6.07, 6.45) is 0. The van der Waals surface area contributed by atoms with Crippen LogP contribution >= 0.6 is 11.3 Å². The Kier molecular flexibility index (Phi) is 4.02. The number of imidazole rings is 1. The Labute approximate surface area is 166 Å². The van der Waals surface area contributed by atoms with E-state index < -0.39 is 0 Å². The highest BCUT2D eigenvalue weighted by Gasteiger charge is 2.19. The summed E-state index contributed by atoms with van der Waals surface area (Å²) >= 11 is 1.70. The molecule has 5 heteroatoms. The molecule has 2 aromatic heterocycles. The van der Waals surface area contributed by atoms with Gasteiger partial charge in [-0.2, -0.15) is 0 Å². The standard InChI is InChI=1S/C23H18N2O2S/c1-26-17-11-7-15(8-12-17)21-22(16-9-13-18(27-2)14-10-16)25-19-5-3-4-6-20(19)28-23(25)24-21/h3-14H,1-2H3. The van der Waals surface area contributed by atoms with Crippen LogP contribution in [0.4, 0.5) is 0 Å². The molecule has 2 heterocycles. The highest BCUT2D eigenvalue weighted by atomic mass is 32.1. The molecular formula is C23H18N2O2S. The van der Waals surface area contributed by atoms with Crippen molar-refractivity contribution in [1.82, 2.24) is 9.38 Å². The van der Waals surface area contributed by atoms with Crippen LogP contribution in [-0.4, -0.2) is 23.6 Å². The molecule has 0 radical (unpaired) electrons. The molecule has 0 saturated heterocycles. The topological polar surface area (TPSA) is 35.8 Å². The van der Waals surface area contributed by atoms with Crippen LogP contribution in [-0.2, 0) is 0 Å². The SMILES string of the molecule is COc1ccc(-c2nc3sc4ccccc4n3c2-c2ccc(OC)cc2)cc1. The molecule has 28 heavy (non-hydrogen) atoms. The molecule has 0 aliphatic carbocycles. The highest BCUT2D eigenvalue weighted by molar-refractivity contribution is 7.23. The fraction of sp³-hybridized carbons (Fsp3) is 0.0870. The van der Waals surface area contributed by atoms with Crippen molar-refractivity contribution in [2.45, 2.75) is 0 Å². The molecule has 0 amide bonds. The van der Waals surface area contributed by atoms with E-state index in [1.165, 1.54) is 10.2 Å². The van der Waals surface area contributed by atoms with E-state index in [0.29, 0.717) is 0 Å². The van der Waals surface area contributed by atoms with Crippen LogP contribution in [0.15, 0.2) is 72.8 Å². The smallest absolute Gasteiger partial charge is 0.195 e. The molecule has 0 aliphatic heterocycles. The van der Waals surface area contributed by atoms with E-state index in [9.17, 15) is 0 Å². The summed E-state index contributed by atoms with van der Waals surface area (Å²) in [5.74, 6) is 1.67. The molecule has 0 aliphatic rings. The minimum atomic E-state index is 0.834. The number of hydrogen-bond donors (Lipinski definition) is 0. The molecule has 0 fully saturated rings. The number of aromatic nitrogens is 2. The quantitative estimate of drug-likeness (QED) is 0.386. The fourth-order valence-corrected chi connectivity index (χ4v) is 4.51. The second-order valence-corrected chi connectivity index (χ2v) is 7.46. The van der Waals surface area contributed by atoms with Gasteiger partial charge in [-0.15, -0.1) is 0 Å². The first-order chi connectivity index (χ1) is 13.8. The van der Waals surface area contributed by atoms with E-state index in [0.717, 1.165) is 39.0 Å².